The minimum Gasteiger partial charge on any atom is -0.290 e. The van der Waals surface area contributed by atoms with Crippen LogP contribution in [0.1, 0.15) is 25.3 Å². The summed E-state index contributed by atoms with van der Waals surface area (Å²) in [4.78, 5) is 0. The number of hydrogen-bond acceptors (Lipinski definition) is 0. The van der Waals surface area contributed by atoms with Gasteiger partial charge in [-0.25, -0.2) is 0 Å². The maximum Gasteiger partial charge on any atom is 0.132 e. The van der Waals surface area contributed by atoms with E-state index in [1.807, 2.05) is 0 Å². The van der Waals surface area contributed by atoms with Gasteiger partial charge >= 0.3 is 0 Å². The van der Waals surface area contributed by atoms with E-state index >= 15 is 0 Å². The molecule has 100 valence electrons. The van der Waals surface area contributed by atoms with Crippen LogP contribution in [0.3, 0.4) is 0 Å². The first-order valence-electron chi connectivity index (χ1n) is 7.19. The van der Waals surface area contributed by atoms with E-state index in [0.717, 1.165) is 11.0 Å². The van der Waals surface area contributed by atoms with Crippen molar-refractivity contribution in [3.05, 3.63) is 66.2 Å². The third kappa shape index (κ3) is 3.68. The van der Waals surface area contributed by atoms with Crippen molar-refractivity contribution in [2.24, 2.45) is 0 Å². The molecule has 1 nitrogen and oxygen atoms in total. The molecule has 0 bridgehead atoms. The van der Waals surface area contributed by atoms with E-state index in [4.69, 9.17) is 0 Å². The van der Waals surface area contributed by atoms with Crippen LogP contribution in [0.2, 0.25) is 0 Å². The van der Waals surface area contributed by atoms with Gasteiger partial charge in [0.05, 0.1) is 13.6 Å². The van der Waals surface area contributed by atoms with Gasteiger partial charge in [0.15, 0.2) is 0 Å². The molecule has 0 amide bonds. The lowest BCUT2D eigenvalue weighted by molar-refractivity contribution is 0.316. The molecule has 0 aliphatic rings. The molecule has 0 fully saturated rings. The molecule has 1 unspecified atom stereocenters. The van der Waals surface area contributed by atoms with Crippen molar-refractivity contribution in [3.63, 3.8) is 0 Å². The van der Waals surface area contributed by atoms with Crippen molar-refractivity contribution < 1.29 is 0 Å². The first kappa shape index (κ1) is 13.8. The van der Waals surface area contributed by atoms with Gasteiger partial charge < -0.3 is 0 Å². The molecule has 2 rings (SSSR count). The number of rotatable bonds is 6. The summed E-state index contributed by atoms with van der Waals surface area (Å²) in [5.41, 5.74) is 2.81. The summed E-state index contributed by atoms with van der Waals surface area (Å²) in [6, 6.07) is 21.7. The van der Waals surface area contributed by atoms with Crippen molar-refractivity contribution in [2.45, 2.75) is 26.3 Å². The second kappa shape index (κ2) is 6.53. The Labute approximate surface area is 117 Å². The highest BCUT2D eigenvalue weighted by Crippen LogP contribution is 2.24. The van der Waals surface area contributed by atoms with Gasteiger partial charge in [-0.2, -0.15) is 0 Å². The van der Waals surface area contributed by atoms with Crippen molar-refractivity contribution >= 4 is 5.69 Å². The van der Waals surface area contributed by atoms with E-state index < -0.39 is 0 Å². The number of benzene rings is 2. The van der Waals surface area contributed by atoms with Crippen molar-refractivity contribution in [3.8, 4) is 0 Å². The highest BCUT2D eigenvalue weighted by atomic mass is 15.3. The highest BCUT2D eigenvalue weighted by molar-refractivity contribution is 5.42. The van der Waals surface area contributed by atoms with Gasteiger partial charge in [0.1, 0.15) is 12.2 Å². The Morgan fingerprint density at radius 2 is 1.42 bits per heavy atom. The van der Waals surface area contributed by atoms with Gasteiger partial charge in [0, 0.05) is 5.56 Å². The van der Waals surface area contributed by atoms with E-state index in [2.05, 4.69) is 74.6 Å². The van der Waals surface area contributed by atoms with E-state index in [1.54, 1.807) is 0 Å². The maximum absolute atomic E-state index is 2.35. The summed E-state index contributed by atoms with van der Waals surface area (Å²) < 4.78 is 0.985. The second-order valence-electron chi connectivity index (χ2n) is 5.45. The predicted octanol–water partition coefficient (Wildman–Crippen LogP) is 4.62. The normalized spacial score (nSPS) is 14.0. The van der Waals surface area contributed by atoms with Crippen LogP contribution in [0, 0.1) is 0 Å². The number of para-hydroxylation sites is 1. The van der Waals surface area contributed by atoms with Crippen LogP contribution in [0.4, 0.5) is 5.69 Å². The highest BCUT2D eigenvalue weighted by Gasteiger charge is 2.24. The largest absolute Gasteiger partial charge is 0.290 e. The van der Waals surface area contributed by atoms with Gasteiger partial charge in [-0.05, 0) is 18.6 Å². The molecule has 0 saturated carbocycles. The third-order valence-electron chi connectivity index (χ3n) is 3.76. The second-order valence-corrected chi connectivity index (χ2v) is 5.45. The topological polar surface area (TPSA) is 0 Å². The minimum absolute atomic E-state index is 0.985. The molecular weight excluding hydrogens is 230 g/mol. The lowest BCUT2D eigenvalue weighted by Gasteiger charge is -2.34. The number of unbranched alkanes of at least 4 members (excludes halogenated alkanes) is 1. The average molecular weight is 254 g/mol. The Morgan fingerprint density at radius 3 is 2.00 bits per heavy atom. The molecule has 0 aliphatic heterocycles. The maximum atomic E-state index is 2.35. The molecule has 0 aliphatic carbocycles. The molecule has 0 N–H and O–H groups in total. The first-order valence-corrected chi connectivity index (χ1v) is 7.19. The Morgan fingerprint density at radius 1 is 0.842 bits per heavy atom. The third-order valence-corrected chi connectivity index (χ3v) is 3.76. The summed E-state index contributed by atoms with van der Waals surface area (Å²) in [6.07, 6.45) is 2.51. The van der Waals surface area contributed by atoms with Crippen LogP contribution in [-0.4, -0.2) is 13.6 Å². The van der Waals surface area contributed by atoms with Crippen LogP contribution in [0.15, 0.2) is 60.7 Å². The quantitative estimate of drug-likeness (QED) is 0.660. The van der Waals surface area contributed by atoms with Gasteiger partial charge in [-0.15, -0.1) is 0 Å². The minimum atomic E-state index is 0.985. The van der Waals surface area contributed by atoms with Crippen LogP contribution >= 0.6 is 0 Å². The number of nitrogens with zero attached hydrogens (tertiary/aromatic N) is 1. The van der Waals surface area contributed by atoms with Crippen LogP contribution in [-0.2, 0) is 6.54 Å². The molecule has 2 aromatic rings. The standard InChI is InChI=1S/C18H24N/c1-3-4-15-19(2,18-13-9-6-10-14-18)16-17-11-7-5-8-12-17/h5-14H,3-4,15-16H2,1-2H3/q+1. The van der Waals surface area contributed by atoms with Crippen LogP contribution in [0.25, 0.3) is 0 Å². The van der Waals surface area contributed by atoms with Crippen molar-refractivity contribution in [1.82, 2.24) is 4.48 Å². The fourth-order valence-corrected chi connectivity index (χ4v) is 2.58. The number of quaternary nitrogens is 1. The monoisotopic (exact) mass is 254 g/mol. The molecule has 0 saturated heterocycles. The van der Waals surface area contributed by atoms with Gasteiger partial charge in [-0.3, -0.25) is 4.48 Å². The molecule has 1 heteroatoms. The Kier molecular flexibility index (Phi) is 4.75. The Hall–Kier alpha value is -1.60. The van der Waals surface area contributed by atoms with Crippen LogP contribution in [0.5, 0.6) is 0 Å². The summed E-state index contributed by atoms with van der Waals surface area (Å²) in [7, 11) is 2.35. The molecular formula is C18H24N+. The van der Waals surface area contributed by atoms with E-state index in [-0.39, 0.29) is 0 Å². The lowest BCUT2D eigenvalue weighted by atomic mass is 10.1. The SMILES string of the molecule is CCCC[N+](C)(Cc1ccccc1)c1ccccc1. The van der Waals surface area contributed by atoms with E-state index in [1.165, 1.54) is 30.6 Å². The van der Waals surface area contributed by atoms with Crippen LogP contribution < -0.4 is 4.48 Å². The Balaban J connectivity index is 2.24. The first-order chi connectivity index (χ1) is 9.24. The molecule has 1 atom stereocenters. The van der Waals surface area contributed by atoms with Gasteiger partial charge in [0.25, 0.3) is 0 Å². The summed E-state index contributed by atoms with van der Waals surface area (Å²) in [5, 5.41) is 0. The molecule has 0 heterocycles. The summed E-state index contributed by atoms with van der Waals surface area (Å²) >= 11 is 0. The smallest absolute Gasteiger partial charge is 0.132 e. The number of hydrogen-bond donors (Lipinski definition) is 0. The molecule has 2 aromatic carbocycles. The van der Waals surface area contributed by atoms with E-state index in [9.17, 15) is 0 Å². The molecule has 19 heavy (non-hydrogen) atoms. The fraction of sp³-hybridized carbons (Fsp3) is 0.333. The van der Waals surface area contributed by atoms with E-state index in [0.29, 0.717) is 0 Å². The zero-order valence-electron chi connectivity index (χ0n) is 12.0. The van der Waals surface area contributed by atoms with Crippen molar-refractivity contribution in [2.75, 3.05) is 13.6 Å². The summed E-state index contributed by atoms with van der Waals surface area (Å²) in [5.74, 6) is 0. The Bertz CT molecular complexity index is 478. The summed E-state index contributed by atoms with van der Waals surface area (Å²) in [6.45, 7) is 4.51. The average Bonchev–Trinajstić information content (AvgIpc) is 2.47. The molecule has 0 radical (unpaired) electrons. The molecule has 0 spiro atoms. The lowest BCUT2D eigenvalue weighted by Crippen LogP contribution is -2.45. The molecule has 0 aromatic heterocycles. The fourth-order valence-electron chi connectivity index (χ4n) is 2.58. The van der Waals surface area contributed by atoms with Crippen molar-refractivity contribution in [1.29, 1.82) is 0 Å². The predicted molar refractivity (Wildman–Crippen MR) is 84.1 cm³/mol. The zero-order valence-corrected chi connectivity index (χ0v) is 12.0. The van der Waals surface area contributed by atoms with Gasteiger partial charge in [0.2, 0.25) is 0 Å². The van der Waals surface area contributed by atoms with Gasteiger partial charge in [-0.1, -0.05) is 61.9 Å². The zero-order chi connectivity index (χ0) is 13.6.